The van der Waals surface area contributed by atoms with Gasteiger partial charge < -0.3 is 4.74 Å². The lowest BCUT2D eigenvalue weighted by Gasteiger charge is -2.20. The molecule has 0 aliphatic heterocycles. The molecule has 59 heavy (non-hydrogen) atoms. The van der Waals surface area contributed by atoms with Crippen molar-refractivity contribution in [2.24, 2.45) is 5.92 Å². The van der Waals surface area contributed by atoms with Gasteiger partial charge in [-0.2, -0.15) is 0 Å². The van der Waals surface area contributed by atoms with Crippen LogP contribution in [0.15, 0.2) is 0 Å². The maximum atomic E-state index is 6.57. The van der Waals surface area contributed by atoms with Crippen LogP contribution in [0.4, 0.5) is 0 Å². The number of alkyl halides is 1. The van der Waals surface area contributed by atoms with Crippen LogP contribution in [0.1, 0.15) is 342 Å². The third-order valence-electron chi connectivity index (χ3n) is 13.8. The summed E-state index contributed by atoms with van der Waals surface area (Å²) in [6.07, 6.45) is 72.7. The van der Waals surface area contributed by atoms with Crippen LogP contribution in [0, 0.1) is 5.92 Å². The van der Waals surface area contributed by atoms with E-state index in [4.69, 9.17) is 4.74 Å². The molecule has 0 heterocycles. The molecule has 0 aromatic carbocycles. The van der Waals surface area contributed by atoms with Gasteiger partial charge in [-0.25, -0.2) is 0 Å². The maximum absolute atomic E-state index is 6.57. The van der Waals surface area contributed by atoms with E-state index in [1.165, 1.54) is 321 Å². The van der Waals surface area contributed by atoms with Gasteiger partial charge in [-0.05, 0) is 31.6 Å². The van der Waals surface area contributed by atoms with E-state index < -0.39 is 0 Å². The minimum atomic E-state index is 0.512. The molecule has 0 N–H and O–H groups in total. The molecule has 0 radical (unpaired) electrons. The van der Waals surface area contributed by atoms with Crippen LogP contribution in [0.5, 0.6) is 0 Å². The van der Waals surface area contributed by atoms with E-state index in [2.05, 4.69) is 36.7 Å². The van der Waals surface area contributed by atoms with Crippen molar-refractivity contribution in [2.75, 3.05) is 11.9 Å². The molecule has 0 fully saturated rings. The first-order chi connectivity index (χ1) is 29.3. The van der Waals surface area contributed by atoms with E-state index in [0.717, 1.165) is 17.9 Å². The van der Waals surface area contributed by atoms with Crippen LogP contribution in [0.25, 0.3) is 0 Å². The van der Waals surface area contributed by atoms with Crippen molar-refractivity contribution in [3.8, 4) is 0 Å². The molecular weight excluding hydrogens is 781 g/mol. The number of rotatable bonds is 54. The van der Waals surface area contributed by atoms with Gasteiger partial charge >= 0.3 is 0 Å². The van der Waals surface area contributed by atoms with E-state index in [1.807, 2.05) is 0 Å². The molecule has 0 bridgehead atoms. The molecule has 2 heteroatoms. The van der Waals surface area contributed by atoms with Crippen molar-refractivity contribution in [1.29, 1.82) is 0 Å². The van der Waals surface area contributed by atoms with Crippen LogP contribution in [-0.2, 0) is 4.74 Å². The Kier molecular flexibility index (Phi) is 55.0. The third-order valence-corrected chi connectivity index (χ3v) is 14.4. The van der Waals surface area contributed by atoms with Gasteiger partial charge in [0.2, 0.25) is 0 Å². The fourth-order valence-electron chi connectivity index (χ4n) is 9.64. The smallest absolute Gasteiger partial charge is 0.0575 e. The molecule has 0 spiro atoms. The molecular formula is C57H115BrO. The first-order valence-corrected chi connectivity index (χ1v) is 29.6. The van der Waals surface area contributed by atoms with Crippen LogP contribution >= 0.6 is 15.9 Å². The van der Waals surface area contributed by atoms with Crippen molar-refractivity contribution in [3.63, 3.8) is 0 Å². The predicted molar refractivity (Wildman–Crippen MR) is 275 cm³/mol. The summed E-state index contributed by atoms with van der Waals surface area (Å²) in [5.74, 6) is 0.976. The molecule has 0 saturated heterocycles. The zero-order valence-corrected chi connectivity index (χ0v) is 43.3. The topological polar surface area (TPSA) is 9.23 Å². The van der Waals surface area contributed by atoms with Crippen molar-refractivity contribution in [1.82, 2.24) is 0 Å². The first-order valence-electron chi connectivity index (χ1n) is 28.5. The molecule has 0 aromatic rings. The van der Waals surface area contributed by atoms with Gasteiger partial charge in [-0.1, -0.05) is 332 Å². The highest BCUT2D eigenvalue weighted by Crippen LogP contribution is 2.26. The van der Waals surface area contributed by atoms with E-state index in [0.29, 0.717) is 6.10 Å². The standard InChI is InChI=1S/C57H115BrO/c1-4-7-10-13-16-19-21-23-25-27-29-31-33-35-38-42-49-56(50-43-39-36-34-32-30-28-26-24-22-20-17-14-11-8-5-2)51-45-46-53-57(59-55-48-41-47-54-58)52-44-40-37-18-15-12-9-6-3/h56-57H,4-55H2,1-3H3. The van der Waals surface area contributed by atoms with Gasteiger partial charge in [0.05, 0.1) is 6.10 Å². The van der Waals surface area contributed by atoms with E-state index >= 15 is 0 Å². The Morgan fingerprint density at radius 3 is 0.763 bits per heavy atom. The second kappa shape index (κ2) is 54.6. The second-order valence-electron chi connectivity index (χ2n) is 19.8. The van der Waals surface area contributed by atoms with Crippen LogP contribution < -0.4 is 0 Å². The number of ether oxygens (including phenoxy) is 1. The monoisotopic (exact) mass is 895 g/mol. The summed E-state index contributed by atoms with van der Waals surface area (Å²) >= 11 is 3.61. The largest absolute Gasteiger partial charge is 0.378 e. The van der Waals surface area contributed by atoms with Gasteiger partial charge in [0, 0.05) is 11.9 Å². The molecule has 1 unspecified atom stereocenters. The Balaban J connectivity index is 4.42. The summed E-state index contributed by atoms with van der Waals surface area (Å²) in [6.45, 7) is 7.95. The zero-order valence-electron chi connectivity index (χ0n) is 41.7. The Bertz CT molecular complexity index is 673. The van der Waals surface area contributed by atoms with E-state index in [1.54, 1.807) is 0 Å². The third kappa shape index (κ3) is 51.0. The SMILES string of the molecule is CCCCCCCCCCCCCCCCCCC(CCCCCCCCCCCCCCCCCC)CCCCC(CCCCCCCCCC)OCCCCCBr. The summed E-state index contributed by atoms with van der Waals surface area (Å²) < 4.78 is 6.57. The molecule has 356 valence electrons. The highest BCUT2D eigenvalue weighted by Gasteiger charge is 2.12. The fourth-order valence-corrected chi connectivity index (χ4v) is 10.0. The molecule has 0 rings (SSSR count). The Morgan fingerprint density at radius 1 is 0.254 bits per heavy atom. The van der Waals surface area contributed by atoms with Crippen LogP contribution in [0.2, 0.25) is 0 Å². The van der Waals surface area contributed by atoms with Crippen molar-refractivity contribution >= 4 is 15.9 Å². The minimum absolute atomic E-state index is 0.512. The molecule has 0 aliphatic carbocycles. The quantitative estimate of drug-likeness (QED) is 0.0437. The fraction of sp³-hybridized carbons (Fsp3) is 1.00. The number of hydrogen-bond acceptors (Lipinski definition) is 1. The summed E-state index contributed by atoms with van der Waals surface area (Å²) in [5, 5.41) is 1.13. The summed E-state index contributed by atoms with van der Waals surface area (Å²) in [6, 6.07) is 0. The Labute approximate surface area is 384 Å². The van der Waals surface area contributed by atoms with Crippen molar-refractivity contribution < 1.29 is 4.74 Å². The summed E-state index contributed by atoms with van der Waals surface area (Å²) in [4.78, 5) is 0. The zero-order chi connectivity index (χ0) is 42.6. The predicted octanol–water partition coefficient (Wildman–Crippen LogP) is 21.9. The van der Waals surface area contributed by atoms with Crippen molar-refractivity contribution in [2.45, 2.75) is 348 Å². The van der Waals surface area contributed by atoms with Gasteiger partial charge in [0.1, 0.15) is 0 Å². The molecule has 1 nitrogen and oxygen atoms in total. The van der Waals surface area contributed by atoms with Crippen molar-refractivity contribution in [3.05, 3.63) is 0 Å². The van der Waals surface area contributed by atoms with Gasteiger partial charge in [-0.3, -0.25) is 0 Å². The van der Waals surface area contributed by atoms with Gasteiger partial charge in [-0.15, -0.1) is 0 Å². The Morgan fingerprint density at radius 2 is 0.475 bits per heavy atom. The van der Waals surface area contributed by atoms with Crippen LogP contribution in [0.3, 0.4) is 0 Å². The maximum Gasteiger partial charge on any atom is 0.0575 e. The minimum Gasteiger partial charge on any atom is -0.378 e. The van der Waals surface area contributed by atoms with Crippen LogP contribution in [-0.4, -0.2) is 18.0 Å². The highest BCUT2D eigenvalue weighted by atomic mass is 79.9. The molecule has 1 atom stereocenters. The number of unbranched alkanes of at least 4 members (excludes halogenated alkanes) is 40. The molecule has 0 amide bonds. The molecule has 0 aromatic heterocycles. The molecule has 0 aliphatic rings. The Hall–Kier alpha value is 0.440. The lowest BCUT2D eigenvalue weighted by atomic mass is 9.89. The second-order valence-corrected chi connectivity index (χ2v) is 20.6. The van der Waals surface area contributed by atoms with Gasteiger partial charge in [0.25, 0.3) is 0 Å². The van der Waals surface area contributed by atoms with E-state index in [-0.39, 0.29) is 0 Å². The lowest BCUT2D eigenvalue weighted by Crippen LogP contribution is -2.14. The average Bonchev–Trinajstić information content (AvgIpc) is 3.24. The number of halogens is 1. The lowest BCUT2D eigenvalue weighted by molar-refractivity contribution is 0.0357. The first kappa shape index (κ1) is 59.4. The molecule has 0 saturated carbocycles. The van der Waals surface area contributed by atoms with Gasteiger partial charge in [0.15, 0.2) is 0 Å². The normalized spacial score (nSPS) is 12.4. The summed E-state index contributed by atoms with van der Waals surface area (Å²) in [5.41, 5.74) is 0. The van der Waals surface area contributed by atoms with E-state index in [9.17, 15) is 0 Å². The highest BCUT2D eigenvalue weighted by molar-refractivity contribution is 9.09. The average molecular weight is 896 g/mol. The number of hydrogen-bond donors (Lipinski definition) is 0. The summed E-state index contributed by atoms with van der Waals surface area (Å²) in [7, 11) is 0.